The van der Waals surface area contributed by atoms with E-state index in [9.17, 15) is 0 Å². The standard InChI is InChI=1S/C28H24.C21H21N.2C12H19N.C11H13N.C11H17N/c1-28(2,3)26-18-10-17-25-23-14-7-6-13-21(23)19-11-4-5-12-20(19)22-15-8-9-16-24(22)27(25)26;1-21(2,3)20-18(16-10-6-4-7-11-16)14-22-15-19(20)17-12-8-5-9-13-17;1-6-11-8-10(12(3,4)5)7-9(2)13-11;1-6-11-10(12(3,4)5)8-7-9(2)13-11;1-11(2,3)10-6-4-9(8-12)5-7-10;1-5-10-9(11(2,3)4)7-6-8-12-10/h4-18H,1-3H3;4-15H,1-3H3;2*7-8H,6H2,1-5H3;4-7H,1-3H3;6-8H,5H2,1-4H3/i;;2*2D3,6D2;;5D2. The minimum atomic E-state index is -2.32. The number of rotatable bonds is 5. The Hall–Kier alpha value is -9.37. The number of nitrogens with zero attached hydrogens (tertiary/aromatic N) is 5. The van der Waals surface area contributed by atoms with E-state index in [4.69, 9.17) is 21.7 Å². The van der Waals surface area contributed by atoms with Gasteiger partial charge in [0.15, 0.2) is 0 Å². The molecule has 12 rings (SSSR count). The topological polar surface area (TPSA) is 75.3 Å². The molecule has 1 aliphatic rings. The zero-order valence-corrected chi connectivity index (χ0v) is 63.2. The molecule has 0 N–H and O–H groups in total. The molecule has 0 radical (unpaired) electrons. The van der Waals surface area contributed by atoms with Gasteiger partial charge in [0.2, 0.25) is 0 Å². The molecule has 0 fully saturated rings. The van der Waals surface area contributed by atoms with Gasteiger partial charge in [-0.1, -0.05) is 321 Å². The van der Waals surface area contributed by atoms with Gasteiger partial charge in [0.25, 0.3) is 0 Å². The fourth-order valence-electron chi connectivity index (χ4n) is 12.1. The molecule has 11 aromatic rings. The molecule has 0 aliphatic heterocycles. The molecule has 0 saturated carbocycles. The molecule has 0 saturated heterocycles. The van der Waals surface area contributed by atoms with Gasteiger partial charge >= 0.3 is 0 Å². The van der Waals surface area contributed by atoms with Crippen molar-refractivity contribution >= 4 is 0 Å². The highest BCUT2D eigenvalue weighted by atomic mass is 14.7. The minimum absolute atomic E-state index is 0.0410. The van der Waals surface area contributed by atoms with Crippen LogP contribution in [-0.4, -0.2) is 19.9 Å². The van der Waals surface area contributed by atoms with Crippen LogP contribution >= 0.6 is 0 Å². The number of nitriles is 1. The Morgan fingerprint density at radius 1 is 0.360 bits per heavy atom. The molecule has 0 amide bonds. The van der Waals surface area contributed by atoms with Gasteiger partial charge in [-0.2, -0.15) is 5.26 Å². The van der Waals surface area contributed by atoms with Gasteiger partial charge in [0.05, 0.1) is 11.6 Å². The third-order valence-corrected chi connectivity index (χ3v) is 17.3. The lowest BCUT2D eigenvalue weighted by Gasteiger charge is -2.29. The summed E-state index contributed by atoms with van der Waals surface area (Å²) in [5.41, 5.74) is 23.2. The third-order valence-electron chi connectivity index (χ3n) is 17.3. The first kappa shape index (κ1) is 61.7. The number of aryl methyl sites for hydroxylation is 5. The van der Waals surface area contributed by atoms with Crippen LogP contribution in [0.1, 0.15) is 229 Å². The number of hydrogen-bond donors (Lipinski definition) is 0. The second-order valence-corrected chi connectivity index (χ2v) is 31.3. The normalized spacial score (nSPS) is 14.1. The summed E-state index contributed by atoms with van der Waals surface area (Å²) >= 11 is 0. The fourth-order valence-corrected chi connectivity index (χ4v) is 12.1. The molecule has 4 heterocycles. The van der Waals surface area contributed by atoms with Crippen LogP contribution in [-0.2, 0) is 51.6 Å². The summed E-state index contributed by atoms with van der Waals surface area (Å²) in [6.45, 7) is 37.8. The molecule has 7 aromatic carbocycles. The van der Waals surface area contributed by atoms with E-state index in [1.54, 1.807) is 31.3 Å². The van der Waals surface area contributed by atoms with Gasteiger partial charge in [-0.05, 0) is 191 Å². The molecule has 0 atom stereocenters. The van der Waals surface area contributed by atoms with E-state index in [0.717, 1.165) is 22.3 Å². The fraction of sp³-hybridized carbons (Fsp3) is 0.337. The molecule has 4 aromatic heterocycles. The second kappa shape index (κ2) is 33.7. The van der Waals surface area contributed by atoms with Gasteiger partial charge in [-0.3, -0.25) is 19.9 Å². The Labute approximate surface area is 620 Å². The third kappa shape index (κ3) is 20.6. The van der Waals surface area contributed by atoms with Crippen molar-refractivity contribution in [2.24, 2.45) is 0 Å². The van der Waals surface area contributed by atoms with Crippen LogP contribution in [0.25, 0.3) is 66.8 Å². The molecule has 5 heteroatoms. The van der Waals surface area contributed by atoms with Crippen molar-refractivity contribution in [2.75, 3.05) is 0 Å². The van der Waals surface area contributed by atoms with Gasteiger partial charge < -0.3 is 0 Å². The maximum atomic E-state index is 8.58. The smallest absolute Gasteiger partial charge is 0.0991 e. The Morgan fingerprint density at radius 3 is 1.21 bits per heavy atom. The molecular weight excluding hydrogens is 1210 g/mol. The maximum absolute atomic E-state index is 8.58. The summed E-state index contributed by atoms with van der Waals surface area (Å²) < 4.78 is 90.7. The lowest BCUT2D eigenvalue weighted by molar-refractivity contribution is 0.578. The van der Waals surface area contributed by atoms with Crippen molar-refractivity contribution in [3.8, 4) is 72.8 Å². The van der Waals surface area contributed by atoms with Crippen LogP contribution in [0.5, 0.6) is 0 Å². The first-order valence-corrected chi connectivity index (χ1v) is 34.6. The van der Waals surface area contributed by atoms with Crippen molar-refractivity contribution < 1.29 is 16.4 Å². The van der Waals surface area contributed by atoms with E-state index in [-0.39, 0.29) is 55.3 Å². The van der Waals surface area contributed by atoms with E-state index in [2.05, 4.69) is 261 Å². The van der Waals surface area contributed by atoms with Crippen molar-refractivity contribution in [2.45, 2.75) is 211 Å². The summed E-state index contributed by atoms with van der Waals surface area (Å²) in [6.07, 6.45) is 0.936. The van der Waals surface area contributed by atoms with Crippen LogP contribution < -0.4 is 0 Å². The van der Waals surface area contributed by atoms with Crippen molar-refractivity contribution in [3.63, 3.8) is 0 Å². The summed E-state index contributed by atoms with van der Waals surface area (Å²) in [5, 5.41) is 8.58. The highest BCUT2D eigenvalue weighted by molar-refractivity contribution is 6.04. The first-order chi connectivity index (χ1) is 51.5. The van der Waals surface area contributed by atoms with Crippen molar-refractivity contribution in [1.29, 1.82) is 5.26 Å². The molecule has 0 bridgehead atoms. The van der Waals surface area contributed by atoms with Crippen molar-refractivity contribution in [3.05, 3.63) is 298 Å². The summed E-state index contributed by atoms with van der Waals surface area (Å²) in [5.74, 6) is 0. The van der Waals surface area contributed by atoms with E-state index in [1.165, 1.54) is 103 Å². The first-order valence-electron chi connectivity index (χ1n) is 40.6. The lowest BCUT2D eigenvalue weighted by Crippen LogP contribution is -2.15. The van der Waals surface area contributed by atoms with Crippen molar-refractivity contribution in [1.82, 2.24) is 19.9 Å². The zero-order chi connectivity index (χ0) is 83.8. The van der Waals surface area contributed by atoms with Gasteiger partial charge in [-0.15, -0.1) is 0 Å². The van der Waals surface area contributed by atoms with Crippen LogP contribution in [0.4, 0.5) is 0 Å². The summed E-state index contributed by atoms with van der Waals surface area (Å²) in [4.78, 5) is 16.6. The Morgan fingerprint density at radius 2 is 0.790 bits per heavy atom. The van der Waals surface area contributed by atoms with Crippen LogP contribution in [0, 0.1) is 25.0 Å². The van der Waals surface area contributed by atoms with E-state index in [0.29, 0.717) is 5.69 Å². The molecular formula is C95H113N5. The minimum Gasteiger partial charge on any atom is -0.263 e. The monoisotopic (exact) mass is 1340 g/mol. The summed E-state index contributed by atoms with van der Waals surface area (Å²) in [7, 11) is 0. The van der Waals surface area contributed by atoms with Crippen LogP contribution in [0.3, 0.4) is 0 Å². The predicted octanol–water partition coefficient (Wildman–Crippen LogP) is 26.0. The van der Waals surface area contributed by atoms with E-state index in [1.807, 2.05) is 90.3 Å². The number of benzene rings is 7. The van der Waals surface area contributed by atoms with Crippen LogP contribution in [0.2, 0.25) is 0 Å². The molecule has 5 nitrogen and oxygen atoms in total. The maximum Gasteiger partial charge on any atom is 0.0991 e. The Bertz CT molecular complexity index is 4840. The Kier molecular flexibility index (Phi) is 20.8. The average molecular weight is 1340 g/mol. The summed E-state index contributed by atoms with van der Waals surface area (Å²) in [6, 6.07) is 74.3. The largest absolute Gasteiger partial charge is 0.263 e. The number of pyridine rings is 4. The van der Waals surface area contributed by atoms with Gasteiger partial charge in [0.1, 0.15) is 0 Å². The molecule has 0 unspecified atom stereocenters. The van der Waals surface area contributed by atoms with E-state index >= 15 is 0 Å². The molecule has 518 valence electrons. The van der Waals surface area contributed by atoms with E-state index < -0.39 is 32.8 Å². The highest BCUT2D eigenvalue weighted by Gasteiger charge is 2.28. The molecule has 100 heavy (non-hydrogen) atoms. The lowest BCUT2D eigenvalue weighted by atomic mass is 9.74. The molecule has 1 aliphatic carbocycles. The quantitative estimate of drug-likeness (QED) is 0.172. The Balaban J connectivity index is 0.000000191. The number of hydrogen-bond acceptors (Lipinski definition) is 5. The van der Waals surface area contributed by atoms with Gasteiger partial charge in [-0.25, -0.2) is 0 Å². The van der Waals surface area contributed by atoms with Gasteiger partial charge in [0, 0.05) is 74.6 Å². The number of fused-ring (bicyclic) bond motifs is 8. The van der Waals surface area contributed by atoms with Crippen LogP contribution in [0.15, 0.2) is 231 Å². The SMILES string of the molecule is CC(C)(C)c1c(-c2ccccc2)cncc1-c1ccccc1.CC(C)(C)c1ccc(C#N)cc1.CC(C)(C)c1cccc2c1-c1ccccc1-c1ccccc1-c1ccccc1-2.[2H]C([2H])(C)c1ncccc1C(C)(C)C.[2H]C([2H])([2H])c1cc(C(C)(C)C)cc(C([2H])([2H])C)n1.[2H]C([2H])([2H])c1ccc(C(C)(C)C)c(C([2H])([2H])C)n1. The number of aromatic nitrogens is 4. The predicted molar refractivity (Wildman–Crippen MR) is 431 cm³/mol. The zero-order valence-electron chi connectivity index (χ0n) is 75.2. The second-order valence-electron chi connectivity index (χ2n) is 31.3. The molecule has 0 spiro atoms. The average Bonchev–Trinajstić information content (AvgIpc) is 0.738. The highest BCUT2D eigenvalue weighted by Crippen LogP contribution is 2.50.